The molecule has 18 heavy (non-hydrogen) atoms. The Morgan fingerprint density at radius 1 is 1.39 bits per heavy atom. The number of carbonyl (C=O) groups is 1. The Balaban J connectivity index is 2.79. The highest BCUT2D eigenvalue weighted by atomic mass is 35.5. The lowest BCUT2D eigenvalue weighted by molar-refractivity contribution is -0.128. The molecule has 0 aromatic heterocycles. The zero-order valence-electron chi connectivity index (χ0n) is 10.5. The van der Waals surface area contributed by atoms with E-state index in [0.29, 0.717) is 28.7 Å². The molecule has 0 aliphatic heterocycles. The summed E-state index contributed by atoms with van der Waals surface area (Å²) >= 11 is 5.77. The first kappa shape index (κ1) is 15.0. The molecular weight excluding hydrogens is 272 g/mol. The third-order valence-electron chi connectivity index (χ3n) is 2.59. The number of anilines is 1. The molecular formula is C12H17ClN2O2S. The van der Waals surface area contributed by atoms with Gasteiger partial charge in [0.1, 0.15) is 5.75 Å². The van der Waals surface area contributed by atoms with Crippen LogP contribution in [0.4, 0.5) is 5.69 Å². The molecule has 1 atom stereocenters. The van der Waals surface area contributed by atoms with Gasteiger partial charge in [0.15, 0.2) is 0 Å². The van der Waals surface area contributed by atoms with E-state index in [1.54, 1.807) is 17.0 Å². The smallest absolute Gasteiger partial charge is 0.235 e. The van der Waals surface area contributed by atoms with E-state index in [4.69, 9.17) is 17.3 Å². The van der Waals surface area contributed by atoms with Crippen LogP contribution in [0.15, 0.2) is 23.1 Å². The van der Waals surface area contributed by atoms with E-state index in [0.717, 1.165) is 0 Å². The van der Waals surface area contributed by atoms with Crippen molar-refractivity contribution in [3.63, 3.8) is 0 Å². The number of hydrogen-bond donors (Lipinski definition) is 1. The zero-order chi connectivity index (χ0) is 13.7. The first-order valence-corrected chi connectivity index (χ1v) is 7.40. The highest BCUT2D eigenvalue weighted by molar-refractivity contribution is 7.86. The number of carbonyl (C=O) groups excluding carboxylic acids is 1. The van der Waals surface area contributed by atoms with Gasteiger partial charge in [0.25, 0.3) is 0 Å². The molecule has 0 aliphatic carbocycles. The van der Waals surface area contributed by atoms with Crippen LogP contribution in [0.5, 0.6) is 0 Å². The van der Waals surface area contributed by atoms with E-state index >= 15 is 0 Å². The van der Waals surface area contributed by atoms with Crippen molar-refractivity contribution in [1.82, 2.24) is 4.90 Å². The molecule has 0 spiro atoms. The number of halogens is 1. The average Bonchev–Trinajstić information content (AvgIpc) is 2.30. The van der Waals surface area contributed by atoms with Crippen LogP contribution in [-0.2, 0) is 15.6 Å². The second-order valence-electron chi connectivity index (χ2n) is 3.74. The van der Waals surface area contributed by atoms with E-state index < -0.39 is 10.8 Å². The van der Waals surface area contributed by atoms with E-state index in [-0.39, 0.29) is 11.7 Å². The van der Waals surface area contributed by atoms with E-state index in [9.17, 15) is 9.00 Å². The zero-order valence-corrected chi connectivity index (χ0v) is 12.1. The fraction of sp³-hybridized carbons (Fsp3) is 0.417. The number of benzene rings is 1. The van der Waals surface area contributed by atoms with Gasteiger partial charge in [0, 0.05) is 23.8 Å². The third kappa shape index (κ3) is 3.71. The summed E-state index contributed by atoms with van der Waals surface area (Å²) in [5, 5.41) is 0.489. The number of nitrogen functional groups attached to an aromatic ring is 1. The van der Waals surface area contributed by atoms with E-state index in [1.807, 2.05) is 13.8 Å². The minimum absolute atomic E-state index is 0.0481. The molecule has 1 unspecified atom stereocenters. The molecule has 0 aliphatic rings. The maximum Gasteiger partial charge on any atom is 0.235 e. The second-order valence-corrected chi connectivity index (χ2v) is 5.59. The molecule has 1 aromatic carbocycles. The minimum atomic E-state index is -1.43. The monoisotopic (exact) mass is 288 g/mol. The van der Waals surface area contributed by atoms with E-state index in [2.05, 4.69) is 0 Å². The summed E-state index contributed by atoms with van der Waals surface area (Å²) < 4.78 is 12.1. The van der Waals surface area contributed by atoms with Crippen LogP contribution in [0, 0.1) is 0 Å². The Kier molecular flexibility index (Phi) is 5.62. The molecule has 100 valence electrons. The van der Waals surface area contributed by atoms with Gasteiger partial charge >= 0.3 is 0 Å². The lowest BCUT2D eigenvalue weighted by atomic mass is 10.3. The molecule has 0 saturated heterocycles. The van der Waals surface area contributed by atoms with Gasteiger partial charge in [-0.1, -0.05) is 11.6 Å². The summed E-state index contributed by atoms with van der Waals surface area (Å²) in [6.45, 7) is 5.01. The van der Waals surface area contributed by atoms with Crippen LogP contribution >= 0.6 is 11.6 Å². The Morgan fingerprint density at radius 3 is 2.50 bits per heavy atom. The summed E-state index contributed by atoms with van der Waals surface area (Å²) in [7, 11) is -1.43. The predicted octanol–water partition coefficient (Wildman–Crippen LogP) is 1.90. The van der Waals surface area contributed by atoms with Crippen molar-refractivity contribution in [2.24, 2.45) is 0 Å². The van der Waals surface area contributed by atoms with E-state index in [1.165, 1.54) is 6.07 Å². The largest absolute Gasteiger partial charge is 0.398 e. The maximum atomic E-state index is 12.1. The molecule has 0 fully saturated rings. The lowest BCUT2D eigenvalue weighted by Crippen LogP contribution is -2.34. The van der Waals surface area contributed by atoms with Gasteiger partial charge in [-0.2, -0.15) is 0 Å². The molecule has 1 aromatic rings. The average molecular weight is 289 g/mol. The quantitative estimate of drug-likeness (QED) is 0.842. The summed E-state index contributed by atoms with van der Waals surface area (Å²) in [6.07, 6.45) is 0. The SMILES string of the molecule is CCN(CC)C(=O)CS(=O)c1ccc(Cl)cc1N. The van der Waals surface area contributed by atoms with Crippen LogP contribution in [0.1, 0.15) is 13.8 Å². The van der Waals surface area contributed by atoms with Gasteiger partial charge in [0.05, 0.1) is 15.7 Å². The van der Waals surface area contributed by atoms with Crippen LogP contribution < -0.4 is 5.73 Å². The fourth-order valence-electron chi connectivity index (χ4n) is 1.58. The van der Waals surface area contributed by atoms with Crippen molar-refractivity contribution >= 4 is 34.0 Å². The predicted molar refractivity (Wildman–Crippen MR) is 75.1 cm³/mol. The number of rotatable bonds is 5. The Labute approximate surface area is 115 Å². The van der Waals surface area contributed by atoms with Crippen LogP contribution in [0.3, 0.4) is 0 Å². The minimum Gasteiger partial charge on any atom is -0.398 e. The van der Waals surface area contributed by atoms with Crippen LogP contribution in [-0.4, -0.2) is 33.9 Å². The van der Waals surface area contributed by atoms with Gasteiger partial charge in [-0.25, -0.2) is 0 Å². The van der Waals surface area contributed by atoms with Gasteiger partial charge in [0.2, 0.25) is 5.91 Å². The summed E-state index contributed by atoms with van der Waals surface area (Å²) in [5.41, 5.74) is 6.09. The van der Waals surface area contributed by atoms with Gasteiger partial charge in [-0.3, -0.25) is 9.00 Å². The lowest BCUT2D eigenvalue weighted by Gasteiger charge is -2.18. The van der Waals surface area contributed by atoms with Crippen molar-refractivity contribution in [2.75, 3.05) is 24.6 Å². The first-order valence-electron chi connectivity index (χ1n) is 5.70. The summed E-state index contributed by atoms with van der Waals surface area (Å²) in [4.78, 5) is 13.9. The normalized spacial score (nSPS) is 12.2. The molecule has 0 bridgehead atoms. The van der Waals surface area contributed by atoms with Crippen LogP contribution in [0.25, 0.3) is 0 Å². The van der Waals surface area contributed by atoms with Crippen molar-refractivity contribution in [2.45, 2.75) is 18.7 Å². The maximum absolute atomic E-state index is 12.1. The molecule has 2 N–H and O–H groups in total. The first-order chi connectivity index (χ1) is 8.49. The Morgan fingerprint density at radius 2 is 2.00 bits per heavy atom. The molecule has 1 amide bonds. The molecule has 1 rings (SSSR count). The Hall–Kier alpha value is -1.07. The number of amides is 1. The van der Waals surface area contributed by atoms with Crippen molar-refractivity contribution in [3.8, 4) is 0 Å². The Bertz CT molecular complexity index is 461. The standard InChI is InChI=1S/C12H17ClN2O2S/c1-3-15(4-2)12(16)8-18(17)11-6-5-9(13)7-10(11)14/h5-7H,3-4,8,14H2,1-2H3. The number of hydrogen-bond acceptors (Lipinski definition) is 3. The summed E-state index contributed by atoms with van der Waals surface area (Å²) in [5.74, 6) is -0.180. The second kappa shape index (κ2) is 6.75. The number of nitrogens with zero attached hydrogens (tertiary/aromatic N) is 1. The molecule has 0 heterocycles. The van der Waals surface area contributed by atoms with Crippen molar-refractivity contribution < 1.29 is 9.00 Å². The highest BCUT2D eigenvalue weighted by Crippen LogP contribution is 2.21. The van der Waals surface area contributed by atoms with Gasteiger partial charge < -0.3 is 10.6 Å². The molecule has 0 radical (unpaired) electrons. The fourth-order valence-corrected chi connectivity index (χ4v) is 2.87. The van der Waals surface area contributed by atoms with Crippen molar-refractivity contribution in [3.05, 3.63) is 23.2 Å². The topological polar surface area (TPSA) is 63.4 Å². The van der Waals surface area contributed by atoms with Gasteiger partial charge in [-0.15, -0.1) is 0 Å². The van der Waals surface area contributed by atoms with Crippen molar-refractivity contribution in [1.29, 1.82) is 0 Å². The highest BCUT2D eigenvalue weighted by Gasteiger charge is 2.16. The number of nitrogens with two attached hydrogens (primary N) is 1. The van der Waals surface area contributed by atoms with Gasteiger partial charge in [-0.05, 0) is 32.0 Å². The molecule has 6 heteroatoms. The van der Waals surface area contributed by atoms with Crippen LogP contribution in [0.2, 0.25) is 5.02 Å². The summed E-state index contributed by atoms with van der Waals surface area (Å²) in [6, 6.07) is 4.76. The third-order valence-corrected chi connectivity index (χ3v) is 4.19. The molecule has 0 saturated carbocycles. The molecule has 4 nitrogen and oxygen atoms in total.